The van der Waals surface area contributed by atoms with Crippen LogP contribution in [0.15, 0.2) is 18.3 Å². The van der Waals surface area contributed by atoms with Crippen molar-refractivity contribution in [3.05, 3.63) is 24.3 Å². The van der Waals surface area contributed by atoms with E-state index in [4.69, 9.17) is 0 Å². The molecular weight excluding hydrogens is 199 g/mol. The minimum absolute atomic E-state index is 0.418. The molecule has 1 aliphatic heterocycles. The van der Waals surface area contributed by atoms with Gasteiger partial charge in [-0.1, -0.05) is 0 Å². The molecule has 1 fully saturated rings. The zero-order valence-electron chi connectivity index (χ0n) is 7.87. The maximum atomic E-state index is 12.8. The van der Waals surface area contributed by atoms with Crippen LogP contribution in [0.4, 0.5) is 10.1 Å². The molecular formula is C10H13FN2S. The summed E-state index contributed by atoms with van der Waals surface area (Å²) in [7, 11) is 0. The van der Waals surface area contributed by atoms with Crippen molar-refractivity contribution in [2.45, 2.75) is 18.9 Å². The van der Waals surface area contributed by atoms with Gasteiger partial charge >= 0.3 is 0 Å². The molecule has 76 valence electrons. The lowest BCUT2D eigenvalue weighted by molar-refractivity contribution is 0.583. The molecule has 4 heteroatoms. The van der Waals surface area contributed by atoms with Gasteiger partial charge in [-0.2, -0.15) is 16.2 Å². The Labute approximate surface area is 87.3 Å². The molecule has 2 nitrogen and oxygen atoms in total. The van der Waals surface area contributed by atoms with Gasteiger partial charge in [-0.05, 0) is 24.7 Å². The van der Waals surface area contributed by atoms with Crippen molar-refractivity contribution in [1.82, 2.24) is 4.98 Å². The summed E-state index contributed by atoms with van der Waals surface area (Å²) in [6, 6.07) is 3.73. The molecule has 2 rings (SSSR count). The van der Waals surface area contributed by atoms with Crippen LogP contribution in [0.2, 0.25) is 0 Å². The zero-order chi connectivity index (χ0) is 9.80. The maximum absolute atomic E-state index is 12.8. The minimum atomic E-state index is -0.418. The Morgan fingerprint density at radius 2 is 2.50 bits per heavy atom. The number of anilines is 1. The van der Waals surface area contributed by atoms with E-state index < -0.39 is 5.95 Å². The van der Waals surface area contributed by atoms with Gasteiger partial charge in [0.2, 0.25) is 5.95 Å². The van der Waals surface area contributed by atoms with E-state index in [2.05, 4.69) is 10.3 Å². The summed E-state index contributed by atoms with van der Waals surface area (Å²) in [4.78, 5) is 3.52. The Balaban J connectivity index is 1.95. The molecule has 0 saturated carbocycles. The normalized spacial score (nSPS) is 21.9. The Morgan fingerprint density at radius 1 is 1.57 bits per heavy atom. The van der Waals surface area contributed by atoms with Crippen molar-refractivity contribution in [2.75, 3.05) is 16.8 Å². The first-order chi connectivity index (χ1) is 6.84. The molecule has 1 saturated heterocycles. The minimum Gasteiger partial charge on any atom is -0.381 e. The zero-order valence-corrected chi connectivity index (χ0v) is 8.69. The summed E-state index contributed by atoms with van der Waals surface area (Å²) >= 11 is 1.95. The van der Waals surface area contributed by atoms with Crippen molar-refractivity contribution in [2.24, 2.45) is 0 Å². The number of thioether (sulfide) groups is 1. The Kier molecular flexibility index (Phi) is 3.24. The van der Waals surface area contributed by atoms with E-state index in [0.29, 0.717) is 6.04 Å². The van der Waals surface area contributed by atoms with E-state index in [1.807, 2.05) is 17.8 Å². The lowest BCUT2D eigenvalue weighted by Crippen LogP contribution is -2.25. The monoisotopic (exact) mass is 212 g/mol. The first kappa shape index (κ1) is 9.77. The van der Waals surface area contributed by atoms with Gasteiger partial charge in [-0.25, -0.2) is 4.98 Å². The lowest BCUT2D eigenvalue weighted by Gasteiger charge is -2.23. The van der Waals surface area contributed by atoms with Crippen LogP contribution in [-0.4, -0.2) is 22.5 Å². The molecule has 1 aromatic heterocycles. The quantitative estimate of drug-likeness (QED) is 0.762. The first-order valence-corrected chi connectivity index (χ1v) is 5.96. The molecule has 1 aliphatic rings. The summed E-state index contributed by atoms with van der Waals surface area (Å²) in [6.45, 7) is 0. The van der Waals surface area contributed by atoms with E-state index >= 15 is 0 Å². The maximum Gasteiger partial charge on any atom is 0.214 e. The highest BCUT2D eigenvalue weighted by molar-refractivity contribution is 7.99. The largest absolute Gasteiger partial charge is 0.381 e. The van der Waals surface area contributed by atoms with Crippen LogP contribution in [-0.2, 0) is 0 Å². The fourth-order valence-electron chi connectivity index (χ4n) is 1.58. The van der Waals surface area contributed by atoms with Crippen LogP contribution in [0.3, 0.4) is 0 Å². The lowest BCUT2D eigenvalue weighted by atomic mass is 10.2. The molecule has 1 unspecified atom stereocenters. The van der Waals surface area contributed by atoms with E-state index in [-0.39, 0.29) is 0 Å². The van der Waals surface area contributed by atoms with Gasteiger partial charge in [0.15, 0.2) is 0 Å². The average Bonchev–Trinajstić information content (AvgIpc) is 2.19. The summed E-state index contributed by atoms with van der Waals surface area (Å²) in [5, 5.41) is 3.32. The molecule has 0 amide bonds. The average molecular weight is 212 g/mol. The highest BCUT2D eigenvalue weighted by atomic mass is 32.2. The van der Waals surface area contributed by atoms with Crippen molar-refractivity contribution in [3.8, 4) is 0 Å². The van der Waals surface area contributed by atoms with Crippen LogP contribution < -0.4 is 5.32 Å². The van der Waals surface area contributed by atoms with E-state index in [0.717, 1.165) is 11.4 Å². The molecule has 0 aliphatic carbocycles. The van der Waals surface area contributed by atoms with Crippen molar-refractivity contribution >= 4 is 17.4 Å². The second-order valence-corrected chi connectivity index (χ2v) is 4.58. The Bertz CT molecular complexity index is 300. The summed E-state index contributed by atoms with van der Waals surface area (Å²) in [5.74, 6) is 1.95. The molecule has 1 aromatic rings. The standard InChI is InChI=1S/C10H13FN2S/c11-10-6-8(3-4-12-10)13-9-2-1-5-14-7-9/h3-4,6,9H,1-2,5,7H2,(H,12,13). The number of aromatic nitrogens is 1. The van der Waals surface area contributed by atoms with Crippen molar-refractivity contribution in [1.29, 1.82) is 0 Å². The number of rotatable bonds is 2. The molecule has 0 aromatic carbocycles. The van der Waals surface area contributed by atoms with Crippen LogP contribution in [0, 0.1) is 5.95 Å². The highest BCUT2D eigenvalue weighted by Gasteiger charge is 2.13. The van der Waals surface area contributed by atoms with Crippen molar-refractivity contribution < 1.29 is 4.39 Å². The molecule has 0 bridgehead atoms. The van der Waals surface area contributed by atoms with E-state index in [1.54, 1.807) is 0 Å². The van der Waals surface area contributed by atoms with Crippen LogP contribution >= 0.6 is 11.8 Å². The third kappa shape index (κ3) is 2.61. The van der Waals surface area contributed by atoms with Gasteiger partial charge in [-0.3, -0.25) is 0 Å². The van der Waals surface area contributed by atoms with E-state index in [1.165, 1.54) is 30.9 Å². The predicted octanol–water partition coefficient (Wildman–Crippen LogP) is 2.53. The molecule has 14 heavy (non-hydrogen) atoms. The molecule has 0 radical (unpaired) electrons. The second kappa shape index (κ2) is 4.64. The van der Waals surface area contributed by atoms with Crippen LogP contribution in [0.5, 0.6) is 0 Å². The highest BCUT2D eigenvalue weighted by Crippen LogP contribution is 2.20. The van der Waals surface area contributed by atoms with Gasteiger partial charge < -0.3 is 5.32 Å². The number of hydrogen-bond acceptors (Lipinski definition) is 3. The fourth-order valence-corrected chi connectivity index (χ4v) is 2.65. The van der Waals surface area contributed by atoms with Crippen molar-refractivity contribution in [3.63, 3.8) is 0 Å². The van der Waals surface area contributed by atoms with Gasteiger partial charge in [0.05, 0.1) is 0 Å². The molecule has 2 heterocycles. The topological polar surface area (TPSA) is 24.9 Å². The van der Waals surface area contributed by atoms with Gasteiger partial charge in [-0.15, -0.1) is 0 Å². The number of nitrogens with one attached hydrogen (secondary N) is 1. The number of hydrogen-bond donors (Lipinski definition) is 1. The Morgan fingerprint density at radius 3 is 3.21 bits per heavy atom. The van der Waals surface area contributed by atoms with Crippen LogP contribution in [0.25, 0.3) is 0 Å². The van der Waals surface area contributed by atoms with Gasteiger partial charge in [0.1, 0.15) is 0 Å². The number of nitrogens with zero attached hydrogens (tertiary/aromatic N) is 1. The fraction of sp³-hybridized carbons (Fsp3) is 0.500. The van der Waals surface area contributed by atoms with E-state index in [9.17, 15) is 4.39 Å². The summed E-state index contributed by atoms with van der Waals surface area (Å²) in [6.07, 6.45) is 3.92. The third-order valence-electron chi connectivity index (χ3n) is 2.26. The smallest absolute Gasteiger partial charge is 0.214 e. The second-order valence-electron chi connectivity index (χ2n) is 3.43. The van der Waals surface area contributed by atoms with Gasteiger partial charge in [0, 0.05) is 29.7 Å². The number of halogens is 1. The molecule has 0 spiro atoms. The summed E-state index contributed by atoms with van der Waals surface area (Å²) in [5.41, 5.74) is 0.838. The Hall–Kier alpha value is -0.770. The summed E-state index contributed by atoms with van der Waals surface area (Å²) < 4.78 is 12.8. The SMILES string of the molecule is Fc1cc(NC2CCCSC2)ccn1. The van der Waals surface area contributed by atoms with Gasteiger partial charge in [0.25, 0.3) is 0 Å². The predicted molar refractivity (Wildman–Crippen MR) is 58.2 cm³/mol. The third-order valence-corrected chi connectivity index (χ3v) is 3.47. The number of pyridine rings is 1. The molecule has 1 N–H and O–H groups in total. The van der Waals surface area contributed by atoms with Crippen LogP contribution in [0.1, 0.15) is 12.8 Å². The first-order valence-electron chi connectivity index (χ1n) is 4.80. The molecule has 1 atom stereocenters.